The predicted octanol–water partition coefficient (Wildman–Crippen LogP) is 6.82. The molecule has 0 aliphatic heterocycles. The molecule has 0 bridgehead atoms. The summed E-state index contributed by atoms with van der Waals surface area (Å²) >= 11 is 1.58. The van der Waals surface area contributed by atoms with E-state index in [4.69, 9.17) is 4.74 Å². The van der Waals surface area contributed by atoms with Gasteiger partial charge in [0.05, 0.1) is 4.90 Å². The second-order valence-corrected chi connectivity index (χ2v) is 14.4. The van der Waals surface area contributed by atoms with Crippen molar-refractivity contribution in [2.75, 3.05) is 19.3 Å². The lowest BCUT2D eigenvalue weighted by molar-refractivity contribution is 0.156. The van der Waals surface area contributed by atoms with E-state index in [1.54, 1.807) is 16.7 Å². The molecule has 0 saturated heterocycles. The third-order valence-corrected chi connectivity index (χ3v) is 12.8. The van der Waals surface area contributed by atoms with Crippen molar-refractivity contribution in [2.24, 2.45) is 0 Å². The molecular weight excluding hydrogens is 382 g/mol. The van der Waals surface area contributed by atoms with E-state index in [2.05, 4.69) is 53.0 Å². The van der Waals surface area contributed by atoms with E-state index in [1.165, 1.54) is 0 Å². The van der Waals surface area contributed by atoms with Crippen molar-refractivity contribution in [3.63, 3.8) is 0 Å². The molecule has 0 aliphatic carbocycles. The van der Waals surface area contributed by atoms with Crippen LogP contribution in [0.3, 0.4) is 0 Å². The van der Waals surface area contributed by atoms with Crippen LogP contribution in [0.15, 0.2) is 23.1 Å². The van der Waals surface area contributed by atoms with Crippen molar-refractivity contribution < 1.29 is 9.53 Å². The summed E-state index contributed by atoms with van der Waals surface area (Å²) in [6, 6.07) is 5.82. The van der Waals surface area contributed by atoms with Crippen LogP contribution in [0, 0.1) is 11.5 Å². The Labute approximate surface area is 177 Å². The molecule has 3 nitrogen and oxygen atoms in total. The predicted molar refractivity (Wildman–Crippen MR) is 125 cm³/mol. The number of hydrogen-bond donors (Lipinski definition) is 0. The highest BCUT2D eigenvalue weighted by Gasteiger charge is 2.41. The zero-order chi connectivity index (χ0) is 21.5. The molecule has 1 aromatic carbocycles. The number of rotatable bonds is 7. The van der Waals surface area contributed by atoms with E-state index in [0.717, 1.165) is 10.5 Å². The minimum Gasteiger partial charge on any atom is -0.409 e. The molecule has 28 heavy (non-hydrogen) atoms. The highest BCUT2D eigenvalue weighted by atomic mass is 32.2. The van der Waals surface area contributed by atoms with Crippen molar-refractivity contribution in [1.82, 2.24) is 4.90 Å². The van der Waals surface area contributed by atoms with Gasteiger partial charge in [-0.25, -0.2) is 4.79 Å². The summed E-state index contributed by atoms with van der Waals surface area (Å²) < 4.78 is 5.71. The average Bonchev–Trinajstić information content (AvgIpc) is 2.62. The Morgan fingerprint density at radius 3 is 2.04 bits per heavy atom. The molecule has 0 N–H and O–H groups in total. The number of carbonyl (C=O) groups excluding carboxylic acids is 1. The first-order chi connectivity index (χ1) is 13.1. The van der Waals surface area contributed by atoms with Crippen molar-refractivity contribution >= 4 is 25.9 Å². The Balaban J connectivity index is 3.38. The van der Waals surface area contributed by atoms with E-state index in [9.17, 15) is 4.79 Å². The summed E-state index contributed by atoms with van der Waals surface area (Å²) in [5, 5.41) is 0. The Bertz CT molecular complexity index is 693. The van der Waals surface area contributed by atoms with E-state index in [0.29, 0.717) is 35.5 Å². The molecule has 0 atom stereocenters. The van der Waals surface area contributed by atoms with Crippen LogP contribution < -0.4 is 4.74 Å². The zero-order valence-electron chi connectivity index (χ0n) is 19.1. The Morgan fingerprint density at radius 1 is 1.07 bits per heavy atom. The number of benzene rings is 1. The summed E-state index contributed by atoms with van der Waals surface area (Å²) in [6.45, 7) is 19.1. The SMILES string of the molecule is CCN(CC)C(=O)Oc1cccc(C#C[Si](C(C)C)(C(C)C)C(C)C)c1SC. The molecule has 0 heterocycles. The van der Waals surface area contributed by atoms with Crippen molar-refractivity contribution in [3.05, 3.63) is 23.8 Å². The smallest absolute Gasteiger partial charge is 0.409 e. The monoisotopic (exact) mass is 419 g/mol. The van der Waals surface area contributed by atoms with Crippen LogP contribution in [0.1, 0.15) is 61.0 Å². The maximum Gasteiger partial charge on any atom is 0.415 e. The summed E-state index contributed by atoms with van der Waals surface area (Å²) in [5.41, 5.74) is 6.48. The Morgan fingerprint density at radius 2 is 1.61 bits per heavy atom. The highest BCUT2D eigenvalue weighted by molar-refractivity contribution is 7.98. The summed E-state index contributed by atoms with van der Waals surface area (Å²) in [4.78, 5) is 15.0. The van der Waals surface area contributed by atoms with Gasteiger partial charge < -0.3 is 9.64 Å². The largest absolute Gasteiger partial charge is 0.415 e. The van der Waals surface area contributed by atoms with Crippen LogP contribution in [0.4, 0.5) is 4.79 Å². The molecule has 0 unspecified atom stereocenters. The number of ether oxygens (including phenoxy) is 1. The minimum atomic E-state index is -1.81. The van der Waals surface area contributed by atoms with E-state index >= 15 is 0 Å². The summed E-state index contributed by atoms with van der Waals surface area (Å²) in [7, 11) is -1.81. The first-order valence-electron chi connectivity index (χ1n) is 10.3. The number of thioether (sulfide) groups is 1. The van der Waals surface area contributed by atoms with Gasteiger partial charge in [0.2, 0.25) is 0 Å². The summed E-state index contributed by atoms with van der Waals surface area (Å²) in [6.07, 6.45) is 1.70. The molecule has 0 aliphatic rings. The lowest BCUT2D eigenvalue weighted by Gasteiger charge is -2.38. The lowest BCUT2D eigenvalue weighted by atomic mass is 10.2. The zero-order valence-corrected chi connectivity index (χ0v) is 20.9. The van der Waals surface area contributed by atoms with Crippen LogP contribution in [0.5, 0.6) is 5.75 Å². The van der Waals surface area contributed by atoms with Gasteiger partial charge >= 0.3 is 6.09 Å². The normalized spacial score (nSPS) is 11.6. The molecular formula is C23H37NO2SSi. The summed E-state index contributed by atoms with van der Waals surface area (Å²) in [5.74, 6) is 4.11. The first kappa shape index (κ1) is 24.7. The van der Waals surface area contributed by atoms with Crippen LogP contribution in [-0.4, -0.2) is 38.4 Å². The maximum absolute atomic E-state index is 12.4. The van der Waals surface area contributed by atoms with Crippen molar-refractivity contribution in [3.8, 4) is 17.2 Å². The third-order valence-electron chi connectivity index (χ3n) is 5.68. The molecule has 0 spiro atoms. The molecule has 1 aromatic rings. The number of hydrogen-bond acceptors (Lipinski definition) is 3. The van der Waals surface area contributed by atoms with Crippen LogP contribution in [0.2, 0.25) is 16.6 Å². The van der Waals surface area contributed by atoms with Gasteiger partial charge in [-0.05, 0) is 48.9 Å². The van der Waals surface area contributed by atoms with E-state index < -0.39 is 8.07 Å². The fraction of sp³-hybridized carbons (Fsp3) is 0.609. The number of amides is 1. The topological polar surface area (TPSA) is 29.5 Å². The van der Waals surface area contributed by atoms with Crippen molar-refractivity contribution in [1.29, 1.82) is 0 Å². The second kappa shape index (κ2) is 11.0. The van der Waals surface area contributed by atoms with Gasteiger partial charge in [0.1, 0.15) is 13.8 Å². The van der Waals surface area contributed by atoms with E-state index in [1.807, 2.05) is 38.3 Å². The molecule has 0 saturated carbocycles. The van der Waals surface area contributed by atoms with Gasteiger partial charge in [-0.1, -0.05) is 53.5 Å². The van der Waals surface area contributed by atoms with Gasteiger partial charge in [-0.3, -0.25) is 0 Å². The molecule has 5 heteroatoms. The fourth-order valence-electron chi connectivity index (χ4n) is 4.15. The van der Waals surface area contributed by atoms with Crippen LogP contribution in [-0.2, 0) is 0 Å². The quantitative estimate of drug-likeness (QED) is 0.276. The molecule has 0 radical (unpaired) electrons. The van der Waals surface area contributed by atoms with Gasteiger partial charge in [0.25, 0.3) is 0 Å². The standard InChI is InChI=1S/C23H37NO2SSi/c1-10-24(11-2)23(25)26-21-14-12-13-20(22(21)27-9)15-16-28(17(3)4,18(5)6)19(7)8/h12-14,17-19H,10-11H2,1-9H3. The van der Waals surface area contributed by atoms with Gasteiger partial charge in [0.15, 0.2) is 0 Å². The highest BCUT2D eigenvalue weighted by Crippen LogP contribution is 2.41. The molecule has 156 valence electrons. The van der Waals surface area contributed by atoms with Gasteiger partial charge in [0, 0.05) is 18.7 Å². The first-order valence-corrected chi connectivity index (χ1v) is 13.8. The number of carbonyl (C=O) groups is 1. The fourth-order valence-corrected chi connectivity index (χ4v) is 10.0. The molecule has 0 fully saturated rings. The molecule has 0 aromatic heterocycles. The van der Waals surface area contributed by atoms with E-state index in [-0.39, 0.29) is 6.09 Å². The van der Waals surface area contributed by atoms with Gasteiger partial charge in [-0.2, -0.15) is 0 Å². The van der Waals surface area contributed by atoms with Gasteiger partial charge in [-0.15, -0.1) is 17.3 Å². The van der Waals surface area contributed by atoms with Crippen LogP contribution in [0.25, 0.3) is 0 Å². The second-order valence-electron chi connectivity index (χ2n) is 8.02. The maximum atomic E-state index is 12.4. The minimum absolute atomic E-state index is 0.305. The number of nitrogens with zero attached hydrogens (tertiary/aromatic N) is 1. The van der Waals surface area contributed by atoms with Crippen LogP contribution >= 0.6 is 11.8 Å². The third kappa shape index (κ3) is 5.36. The Hall–Kier alpha value is -1.38. The average molecular weight is 420 g/mol. The van der Waals surface area contributed by atoms with Crippen molar-refractivity contribution in [2.45, 2.75) is 76.9 Å². The Kier molecular flexibility index (Phi) is 9.66. The molecule has 1 rings (SSSR count). The lowest BCUT2D eigenvalue weighted by Crippen LogP contribution is -2.43. The molecule has 1 amide bonds.